The number of benzene rings is 1. The van der Waals surface area contributed by atoms with Crippen LogP contribution in [0.4, 0.5) is 11.6 Å². The van der Waals surface area contributed by atoms with E-state index in [2.05, 4.69) is 31.8 Å². The Hall–Kier alpha value is -2.23. The molecule has 0 aliphatic carbocycles. The summed E-state index contributed by atoms with van der Waals surface area (Å²) in [6, 6.07) is 7.92. The third-order valence-electron chi connectivity index (χ3n) is 6.55. The molecule has 174 valence electrons. The molecule has 9 heteroatoms. The maximum Gasteiger partial charge on any atom is 0.243 e. The molecule has 0 N–H and O–H groups in total. The normalized spacial score (nSPS) is 18.9. The number of aryl methyl sites for hydroxylation is 3. The van der Waals surface area contributed by atoms with E-state index in [9.17, 15) is 8.42 Å². The van der Waals surface area contributed by atoms with Gasteiger partial charge in [-0.05, 0) is 50.6 Å². The Labute approximate surface area is 191 Å². The van der Waals surface area contributed by atoms with Crippen LogP contribution in [0.1, 0.15) is 23.6 Å². The molecule has 2 aromatic rings. The smallest absolute Gasteiger partial charge is 0.243 e. The standard InChI is InChI=1S/C23H34N6O2S/c1-5-26-8-10-27(11-9-26)21-6-7-22(25-24-21)28-12-14-29(15-13-28)32(30,31)23-19(3)16-18(2)17-20(23)4/h6-7,16-17H,5,8-15H2,1-4H3. The lowest BCUT2D eigenvalue weighted by Crippen LogP contribution is -2.49. The average Bonchev–Trinajstić information content (AvgIpc) is 2.78. The molecular weight excluding hydrogens is 424 g/mol. The molecule has 2 saturated heterocycles. The Bertz CT molecular complexity index is 1020. The van der Waals surface area contributed by atoms with Crippen molar-refractivity contribution >= 4 is 21.7 Å². The summed E-state index contributed by atoms with van der Waals surface area (Å²) < 4.78 is 28.2. The fourth-order valence-corrected chi connectivity index (χ4v) is 6.64. The molecule has 0 radical (unpaired) electrons. The second-order valence-electron chi connectivity index (χ2n) is 8.79. The molecule has 1 aromatic carbocycles. The van der Waals surface area contributed by atoms with Crippen LogP contribution in [0.3, 0.4) is 0 Å². The van der Waals surface area contributed by atoms with Crippen molar-refractivity contribution in [1.82, 2.24) is 19.4 Å². The van der Waals surface area contributed by atoms with Gasteiger partial charge in [-0.1, -0.05) is 24.6 Å². The Morgan fingerprint density at radius 3 is 1.69 bits per heavy atom. The lowest BCUT2D eigenvalue weighted by atomic mass is 10.1. The number of hydrogen-bond donors (Lipinski definition) is 0. The van der Waals surface area contributed by atoms with E-state index >= 15 is 0 Å². The Kier molecular flexibility index (Phi) is 6.69. The zero-order chi connectivity index (χ0) is 22.9. The Morgan fingerprint density at radius 1 is 0.781 bits per heavy atom. The molecule has 0 bridgehead atoms. The lowest BCUT2D eigenvalue weighted by Gasteiger charge is -2.36. The van der Waals surface area contributed by atoms with Gasteiger partial charge in [-0.2, -0.15) is 4.31 Å². The summed E-state index contributed by atoms with van der Waals surface area (Å²) in [6.45, 7) is 15.2. The van der Waals surface area contributed by atoms with Crippen LogP contribution in [-0.4, -0.2) is 86.7 Å². The van der Waals surface area contributed by atoms with Gasteiger partial charge in [-0.3, -0.25) is 0 Å². The molecule has 2 aliphatic rings. The van der Waals surface area contributed by atoms with Gasteiger partial charge in [0.1, 0.15) is 0 Å². The summed E-state index contributed by atoms with van der Waals surface area (Å²) in [6.07, 6.45) is 0. The number of likely N-dealkylation sites (N-methyl/N-ethyl adjacent to an activating group) is 1. The largest absolute Gasteiger partial charge is 0.353 e. The minimum atomic E-state index is -3.51. The van der Waals surface area contributed by atoms with Crippen LogP contribution in [0.15, 0.2) is 29.2 Å². The van der Waals surface area contributed by atoms with E-state index in [1.54, 1.807) is 4.31 Å². The number of anilines is 2. The maximum absolute atomic E-state index is 13.3. The van der Waals surface area contributed by atoms with E-state index in [1.165, 1.54) is 0 Å². The fourth-order valence-electron chi connectivity index (χ4n) is 4.81. The van der Waals surface area contributed by atoms with Gasteiger partial charge in [0.05, 0.1) is 4.90 Å². The highest BCUT2D eigenvalue weighted by Gasteiger charge is 2.31. The predicted molar refractivity (Wildman–Crippen MR) is 128 cm³/mol. The van der Waals surface area contributed by atoms with Crippen molar-refractivity contribution in [3.05, 3.63) is 41.0 Å². The second-order valence-corrected chi connectivity index (χ2v) is 10.7. The number of aromatic nitrogens is 2. The molecule has 0 amide bonds. The summed E-state index contributed by atoms with van der Waals surface area (Å²) in [5.74, 6) is 1.72. The quantitative estimate of drug-likeness (QED) is 0.679. The monoisotopic (exact) mass is 458 g/mol. The summed E-state index contributed by atoms with van der Waals surface area (Å²) in [5.41, 5.74) is 2.70. The summed E-state index contributed by atoms with van der Waals surface area (Å²) in [5, 5.41) is 8.91. The number of sulfonamides is 1. The highest BCUT2D eigenvalue weighted by atomic mass is 32.2. The van der Waals surface area contributed by atoms with Crippen molar-refractivity contribution in [2.75, 3.05) is 68.7 Å². The lowest BCUT2D eigenvalue weighted by molar-refractivity contribution is 0.270. The first kappa shape index (κ1) is 22.9. The number of nitrogens with zero attached hydrogens (tertiary/aromatic N) is 6. The minimum Gasteiger partial charge on any atom is -0.353 e. The molecule has 0 saturated carbocycles. The van der Waals surface area contributed by atoms with Crippen molar-refractivity contribution in [3.63, 3.8) is 0 Å². The van der Waals surface area contributed by atoms with Crippen molar-refractivity contribution in [2.24, 2.45) is 0 Å². The zero-order valence-corrected chi connectivity index (χ0v) is 20.4. The number of hydrogen-bond acceptors (Lipinski definition) is 7. The first-order chi connectivity index (χ1) is 15.3. The van der Waals surface area contributed by atoms with Gasteiger partial charge in [0.25, 0.3) is 0 Å². The van der Waals surface area contributed by atoms with Crippen molar-refractivity contribution in [1.29, 1.82) is 0 Å². The number of piperazine rings is 2. The molecule has 0 spiro atoms. The molecule has 2 fully saturated rings. The van der Waals surface area contributed by atoms with Gasteiger partial charge in [0.15, 0.2) is 11.6 Å². The summed E-state index contributed by atoms with van der Waals surface area (Å²) in [7, 11) is -3.51. The van der Waals surface area contributed by atoms with E-state index in [0.29, 0.717) is 31.1 Å². The van der Waals surface area contributed by atoms with E-state index in [0.717, 1.165) is 61.0 Å². The third-order valence-corrected chi connectivity index (χ3v) is 8.75. The topological polar surface area (TPSA) is 72.9 Å². The predicted octanol–water partition coefficient (Wildman–Crippen LogP) is 2.05. The van der Waals surface area contributed by atoms with Crippen LogP contribution in [0.5, 0.6) is 0 Å². The minimum absolute atomic E-state index is 0.442. The number of rotatable bonds is 5. The van der Waals surface area contributed by atoms with Crippen LogP contribution in [-0.2, 0) is 10.0 Å². The average molecular weight is 459 g/mol. The second kappa shape index (κ2) is 9.33. The molecule has 32 heavy (non-hydrogen) atoms. The molecule has 0 unspecified atom stereocenters. The van der Waals surface area contributed by atoms with Crippen LogP contribution in [0.2, 0.25) is 0 Å². The van der Waals surface area contributed by atoms with E-state index in [4.69, 9.17) is 0 Å². The van der Waals surface area contributed by atoms with E-state index in [1.807, 2.05) is 45.0 Å². The maximum atomic E-state index is 13.3. The summed E-state index contributed by atoms with van der Waals surface area (Å²) in [4.78, 5) is 7.28. The van der Waals surface area contributed by atoms with Crippen molar-refractivity contribution in [2.45, 2.75) is 32.6 Å². The summed E-state index contributed by atoms with van der Waals surface area (Å²) >= 11 is 0. The molecule has 0 atom stereocenters. The van der Waals surface area contributed by atoms with Gasteiger partial charge < -0.3 is 14.7 Å². The van der Waals surface area contributed by atoms with E-state index < -0.39 is 10.0 Å². The van der Waals surface area contributed by atoms with Crippen molar-refractivity contribution in [3.8, 4) is 0 Å². The molecule has 3 heterocycles. The van der Waals surface area contributed by atoms with Gasteiger partial charge >= 0.3 is 0 Å². The molecule has 1 aromatic heterocycles. The first-order valence-electron chi connectivity index (χ1n) is 11.4. The SMILES string of the molecule is CCN1CCN(c2ccc(N3CCN(S(=O)(=O)c4c(C)cc(C)cc4C)CC3)nn2)CC1. The van der Waals surface area contributed by atoms with Gasteiger partial charge in [-0.15, -0.1) is 10.2 Å². The fraction of sp³-hybridized carbons (Fsp3) is 0.565. The first-order valence-corrected chi connectivity index (χ1v) is 12.9. The van der Waals surface area contributed by atoms with E-state index in [-0.39, 0.29) is 0 Å². The molecule has 4 rings (SSSR count). The van der Waals surface area contributed by atoms with Crippen molar-refractivity contribution < 1.29 is 8.42 Å². The van der Waals surface area contributed by atoms with Crippen LogP contribution < -0.4 is 9.80 Å². The van der Waals surface area contributed by atoms with Gasteiger partial charge in [0.2, 0.25) is 10.0 Å². The van der Waals surface area contributed by atoms with Gasteiger partial charge in [-0.25, -0.2) is 8.42 Å². The van der Waals surface area contributed by atoms with Crippen LogP contribution >= 0.6 is 0 Å². The highest BCUT2D eigenvalue weighted by Crippen LogP contribution is 2.27. The molecule has 2 aliphatic heterocycles. The van der Waals surface area contributed by atoms with Gasteiger partial charge in [0, 0.05) is 52.4 Å². The van der Waals surface area contributed by atoms with Crippen LogP contribution in [0, 0.1) is 20.8 Å². The Morgan fingerprint density at radius 2 is 1.25 bits per heavy atom. The molecular formula is C23H34N6O2S. The third kappa shape index (κ3) is 4.60. The highest BCUT2D eigenvalue weighted by molar-refractivity contribution is 7.89. The Balaban J connectivity index is 1.40. The molecule has 8 nitrogen and oxygen atoms in total. The zero-order valence-electron chi connectivity index (χ0n) is 19.6. The van der Waals surface area contributed by atoms with Crippen LogP contribution in [0.25, 0.3) is 0 Å².